The summed E-state index contributed by atoms with van der Waals surface area (Å²) in [6.45, 7) is 0.913. The molecule has 0 bridgehead atoms. The summed E-state index contributed by atoms with van der Waals surface area (Å²) in [7, 11) is 0. The Labute approximate surface area is 183 Å². The molecule has 3 N–H and O–H groups in total. The van der Waals surface area contributed by atoms with E-state index in [1.165, 1.54) is 18.7 Å². The first kappa shape index (κ1) is 25.1. The van der Waals surface area contributed by atoms with Crippen LogP contribution < -0.4 is 21.3 Å². The van der Waals surface area contributed by atoms with Crippen LogP contribution in [0.5, 0.6) is 0 Å². The van der Waals surface area contributed by atoms with Crippen LogP contribution in [0.15, 0.2) is 11.3 Å². The van der Waals surface area contributed by atoms with Gasteiger partial charge in [0.25, 0.3) is 5.91 Å². The maximum Gasteiger partial charge on any atom is 2.00 e. The molecule has 0 aromatic heterocycles. The van der Waals surface area contributed by atoms with Crippen LogP contribution in [0.4, 0.5) is 0 Å². The zero-order valence-electron chi connectivity index (χ0n) is 15.7. The molecule has 2 rings (SSSR count). The fourth-order valence-electron chi connectivity index (χ4n) is 2.82. The molecule has 2 amide bonds. The maximum atomic E-state index is 12.4. The van der Waals surface area contributed by atoms with Gasteiger partial charge in [-0.15, -0.1) is 11.8 Å². The fraction of sp³-hybridized carbons (Fsp3) is 0.562. The van der Waals surface area contributed by atoms with Crippen molar-refractivity contribution in [3.8, 4) is 0 Å². The number of carbonyl (C=O) groups is 5. The van der Waals surface area contributed by atoms with Crippen LogP contribution in [-0.2, 0) is 48.2 Å². The molecule has 0 aromatic rings. The molecule has 1 saturated heterocycles. The number of ether oxygens (including phenoxy) is 1. The topological polar surface area (TPSA) is 182 Å². The summed E-state index contributed by atoms with van der Waals surface area (Å²) in [5.41, 5.74) is 5.19. The van der Waals surface area contributed by atoms with Crippen LogP contribution in [0.2, 0.25) is 0 Å². The molecule has 154 valence electrons. The Kier molecular flexibility index (Phi) is 9.25. The Morgan fingerprint density at radius 1 is 1.34 bits per heavy atom. The molecule has 1 fully saturated rings. The number of β-lactam (4-membered cyclic amide) rings is 1. The van der Waals surface area contributed by atoms with Gasteiger partial charge < -0.3 is 35.6 Å². The van der Waals surface area contributed by atoms with Gasteiger partial charge in [0.2, 0.25) is 5.91 Å². The van der Waals surface area contributed by atoms with E-state index < -0.39 is 47.2 Å². The predicted molar refractivity (Wildman–Crippen MR) is 90.5 cm³/mol. The van der Waals surface area contributed by atoms with Gasteiger partial charge in [-0.05, 0) is 12.8 Å². The first-order valence-electron chi connectivity index (χ1n) is 8.40. The van der Waals surface area contributed by atoms with E-state index in [9.17, 15) is 34.2 Å². The van der Waals surface area contributed by atoms with Crippen LogP contribution in [0.1, 0.15) is 26.2 Å². The van der Waals surface area contributed by atoms with E-state index >= 15 is 0 Å². The molecule has 0 saturated carbocycles. The minimum absolute atomic E-state index is 0. The number of aliphatic carboxylic acids is 2. The first-order valence-corrected chi connectivity index (χ1v) is 9.45. The molecule has 2 aliphatic rings. The normalized spacial score (nSPS) is 21.3. The van der Waals surface area contributed by atoms with E-state index in [-0.39, 0.29) is 62.4 Å². The number of nitrogens with zero attached hydrogens (tertiary/aromatic N) is 1. The third-order valence-corrected chi connectivity index (χ3v) is 5.57. The van der Waals surface area contributed by atoms with Crippen molar-refractivity contribution in [3.05, 3.63) is 11.3 Å². The minimum atomic E-state index is -1.57. The summed E-state index contributed by atoms with van der Waals surface area (Å²) >= 11 is 1.22. The fourth-order valence-corrected chi connectivity index (χ4v) is 4.14. The molecule has 3 atom stereocenters. The van der Waals surface area contributed by atoms with Crippen molar-refractivity contribution in [1.29, 1.82) is 0 Å². The molecule has 0 radical (unpaired) electrons. The first-order chi connectivity index (χ1) is 13.1. The maximum absolute atomic E-state index is 12.4. The number of nitrogens with one attached hydrogen (secondary N) is 1. The number of carboxylic acid groups (broad SMARTS) is 2. The second-order valence-corrected chi connectivity index (χ2v) is 7.40. The molecular weight excluding hydrogens is 460 g/mol. The number of thioether (sulfide) groups is 1. The third-order valence-electron chi connectivity index (χ3n) is 4.23. The van der Waals surface area contributed by atoms with E-state index in [0.717, 1.165) is 4.90 Å². The summed E-state index contributed by atoms with van der Waals surface area (Å²) < 4.78 is 4.81. The SMILES string of the molecule is CC(=O)OCC1=C(C(=O)[O-])N2C(=O)[C@@H](NC(=O)CCC[C@@H](N)C(=O)[O-])[C@@H]2SC1.[Zn+2]. The van der Waals surface area contributed by atoms with E-state index in [2.05, 4.69) is 5.32 Å². The Bertz CT molecular complexity index is 744. The summed E-state index contributed by atoms with van der Waals surface area (Å²) in [6.07, 6.45) is 0.207. The smallest absolute Gasteiger partial charge is 0.548 e. The molecule has 2 heterocycles. The van der Waals surface area contributed by atoms with E-state index in [4.69, 9.17) is 10.5 Å². The largest absolute Gasteiger partial charge is 2.00 e. The number of hydrogen-bond acceptors (Lipinski definition) is 10. The summed E-state index contributed by atoms with van der Waals surface area (Å²) in [5, 5.41) is 23.9. The molecular formula is C16H19N3O8SZn. The number of fused-ring (bicyclic) bond motifs is 1. The Balaban J connectivity index is 0.00000420. The number of carboxylic acids is 2. The van der Waals surface area contributed by atoms with Crippen LogP contribution in [0.25, 0.3) is 0 Å². The van der Waals surface area contributed by atoms with Crippen LogP contribution in [0, 0.1) is 0 Å². The van der Waals surface area contributed by atoms with Crippen LogP contribution in [0.3, 0.4) is 0 Å². The van der Waals surface area contributed by atoms with Crippen molar-refractivity contribution >= 4 is 41.5 Å². The van der Waals surface area contributed by atoms with Gasteiger partial charge in [-0.1, -0.05) is 0 Å². The molecule has 29 heavy (non-hydrogen) atoms. The monoisotopic (exact) mass is 477 g/mol. The number of hydrogen-bond donors (Lipinski definition) is 2. The van der Waals surface area contributed by atoms with Crippen molar-refractivity contribution in [2.45, 2.75) is 43.6 Å². The van der Waals surface area contributed by atoms with Crippen LogP contribution in [-0.4, -0.2) is 64.4 Å². The second kappa shape index (κ2) is 10.7. The number of esters is 1. The van der Waals surface area contributed by atoms with Gasteiger partial charge in [-0.25, -0.2) is 0 Å². The van der Waals surface area contributed by atoms with E-state index in [1.54, 1.807) is 0 Å². The Morgan fingerprint density at radius 2 is 2.00 bits per heavy atom. The summed E-state index contributed by atoms with van der Waals surface area (Å²) in [5.74, 6) is -4.46. The molecule has 0 spiro atoms. The molecule has 0 unspecified atom stereocenters. The van der Waals surface area contributed by atoms with Gasteiger partial charge >= 0.3 is 25.4 Å². The van der Waals surface area contributed by atoms with Gasteiger partial charge in [0.05, 0.1) is 17.6 Å². The number of nitrogens with two attached hydrogens (primary N) is 1. The van der Waals surface area contributed by atoms with E-state index in [1.807, 2.05) is 0 Å². The molecule has 11 nitrogen and oxygen atoms in total. The zero-order valence-corrected chi connectivity index (χ0v) is 19.5. The summed E-state index contributed by atoms with van der Waals surface area (Å²) in [4.78, 5) is 58.3. The molecule has 13 heteroatoms. The Hall–Kier alpha value is -1.98. The third kappa shape index (κ3) is 6.00. The van der Waals surface area contributed by atoms with Crippen molar-refractivity contribution in [2.24, 2.45) is 5.73 Å². The van der Waals surface area contributed by atoms with Crippen molar-refractivity contribution in [1.82, 2.24) is 10.2 Å². The van der Waals surface area contributed by atoms with Crippen molar-refractivity contribution < 1.29 is 58.4 Å². The average Bonchev–Trinajstić information content (AvgIpc) is 2.62. The van der Waals surface area contributed by atoms with Gasteiger partial charge in [0.1, 0.15) is 18.0 Å². The van der Waals surface area contributed by atoms with E-state index in [0.29, 0.717) is 0 Å². The Morgan fingerprint density at radius 3 is 2.55 bits per heavy atom. The van der Waals surface area contributed by atoms with Gasteiger partial charge in [-0.2, -0.15) is 0 Å². The van der Waals surface area contributed by atoms with Crippen molar-refractivity contribution in [2.75, 3.05) is 12.4 Å². The average molecular weight is 479 g/mol. The quantitative estimate of drug-likeness (QED) is 0.189. The minimum Gasteiger partial charge on any atom is -0.548 e. The standard InChI is InChI=1S/C16H21N3O8S.Zn/c1-7(20)27-5-8-6-28-14-11(13(22)19(14)12(8)16(25)26)18-10(21)4-2-3-9(17)15(23)24;/h9,11,14H,2-6,17H2,1H3,(H,18,21)(H,23,24)(H,25,26);/q;+2/p-2/t9-,11-,14+;/m1./s1. The molecule has 0 aromatic carbocycles. The second-order valence-electron chi connectivity index (χ2n) is 6.29. The van der Waals surface area contributed by atoms with Gasteiger partial charge in [0, 0.05) is 30.7 Å². The van der Waals surface area contributed by atoms with Gasteiger partial charge in [0.15, 0.2) is 0 Å². The number of rotatable bonds is 9. The molecule has 2 aliphatic heterocycles. The number of carbonyl (C=O) groups excluding carboxylic acids is 5. The predicted octanol–water partition coefficient (Wildman–Crippen LogP) is -3.80. The number of amides is 2. The zero-order chi connectivity index (χ0) is 21.0. The van der Waals surface area contributed by atoms with Crippen molar-refractivity contribution in [3.63, 3.8) is 0 Å². The molecule has 0 aliphatic carbocycles. The van der Waals surface area contributed by atoms with Gasteiger partial charge in [-0.3, -0.25) is 19.3 Å². The summed E-state index contributed by atoms with van der Waals surface area (Å²) in [6, 6.07) is -2.08. The van der Waals surface area contributed by atoms with Crippen LogP contribution >= 0.6 is 11.8 Å².